The summed E-state index contributed by atoms with van der Waals surface area (Å²) in [7, 11) is 4.73. The largest absolute Gasteiger partial charge is 0.456 e. The van der Waals surface area contributed by atoms with Crippen LogP contribution < -0.4 is 0 Å². The van der Waals surface area contributed by atoms with Crippen molar-refractivity contribution in [1.82, 2.24) is 4.90 Å². The van der Waals surface area contributed by atoms with E-state index in [1.165, 1.54) is 4.90 Å². The maximum Gasteiger partial charge on any atom is 0.329 e. The van der Waals surface area contributed by atoms with E-state index in [9.17, 15) is 29.4 Å². The van der Waals surface area contributed by atoms with Crippen LogP contribution in [0.5, 0.6) is 0 Å². The zero-order valence-corrected chi connectivity index (χ0v) is 36.5. The van der Waals surface area contributed by atoms with Gasteiger partial charge in [-0.05, 0) is 95.0 Å². The fourth-order valence-electron chi connectivity index (χ4n) is 9.46. The van der Waals surface area contributed by atoms with Crippen LogP contribution in [0.15, 0.2) is 23.3 Å². The highest BCUT2D eigenvalue weighted by Gasteiger charge is 2.56. The minimum Gasteiger partial charge on any atom is -0.456 e. The number of hydrogen-bond acceptors (Lipinski definition) is 11. The van der Waals surface area contributed by atoms with Crippen molar-refractivity contribution in [1.29, 1.82) is 0 Å². The summed E-state index contributed by atoms with van der Waals surface area (Å²) in [6, 6.07) is -1.12. The van der Waals surface area contributed by atoms with Gasteiger partial charge in [-0.1, -0.05) is 52.3 Å². The molecule has 1 amide bonds. The van der Waals surface area contributed by atoms with Gasteiger partial charge in [0, 0.05) is 52.0 Å². The zero-order valence-electron chi connectivity index (χ0n) is 35.7. The van der Waals surface area contributed by atoms with Crippen molar-refractivity contribution < 1.29 is 53.1 Å². The van der Waals surface area contributed by atoms with Crippen molar-refractivity contribution in [2.75, 3.05) is 27.9 Å². The molecule has 57 heavy (non-hydrogen) atoms. The maximum atomic E-state index is 14.3. The number of aliphatic hydroxyl groups excluding tert-OH is 1. The summed E-state index contributed by atoms with van der Waals surface area (Å²) in [5, 5.41) is 23.7. The first-order valence-corrected chi connectivity index (χ1v) is 21.7. The minimum absolute atomic E-state index is 0.0470. The van der Waals surface area contributed by atoms with E-state index in [1.807, 2.05) is 32.9 Å². The van der Waals surface area contributed by atoms with Gasteiger partial charge < -0.3 is 38.8 Å². The highest BCUT2D eigenvalue weighted by molar-refractivity contribution is 6.39. The molecular formula is C44H70ClNO11. The smallest absolute Gasteiger partial charge is 0.329 e. The Labute approximate surface area is 345 Å². The normalized spacial score (nSPS) is 41.1. The van der Waals surface area contributed by atoms with Crippen molar-refractivity contribution in [3.05, 3.63) is 23.3 Å². The standard InChI is InChI=1S/C44H70ClNO11/c1-10-29-18-25(3)19-37(54-8)40-38(55-9)21-27(5)44(52,57-40)41(49)42(50)46-17-13-12-14-33(46)43(51)56-39(28(6)34(47)24-35(48)31(11-2)22-29)26(4)20-30-15-16-32(45)36(23-30)53-7/h20,22,25,27-28,30-34,36-40,47,52H,10-19,21,23-24H2,1-9H3/b26-20+,29-22+/t25-,27+,28+,30-,31+,32+,33-,34-,36+,37-,38-,39+,40+,44+/m0/s1. The molecule has 2 N–H and O–H groups in total. The van der Waals surface area contributed by atoms with Crippen LogP contribution in [0.4, 0.5) is 0 Å². The number of allylic oxidation sites excluding steroid dienone is 3. The lowest BCUT2D eigenvalue weighted by Gasteiger charge is -2.47. The third-order valence-electron chi connectivity index (χ3n) is 13.2. The molecule has 1 saturated carbocycles. The summed E-state index contributed by atoms with van der Waals surface area (Å²) in [4.78, 5) is 57.9. The topological polar surface area (TPSA) is 158 Å². The number of esters is 1. The van der Waals surface area contributed by atoms with Crippen molar-refractivity contribution in [3.63, 3.8) is 0 Å². The van der Waals surface area contributed by atoms with Crippen LogP contribution >= 0.6 is 11.6 Å². The summed E-state index contributed by atoms with van der Waals surface area (Å²) in [5.74, 6) is -7.29. The Hall–Kier alpha value is -2.19. The Morgan fingerprint density at radius 2 is 1.61 bits per heavy atom. The minimum atomic E-state index is -2.49. The predicted octanol–water partition coefficient (Wildman–Crippen LogP) is 6.11. The van der Waals surface area contributed by atoms with Gasteiger partial charge in [-0.15, -0.1) is 11.6 Å². The van der Waals surface area contributed by atoms with E-state index in [1.54, 1.807) is 35.2 Å². The molecule has 0 aromatic carbocycles. The number of piperidine rings is 1. The molecule has 13 heteroatoms. The van der Waals surface area contributed by atoms with Crippen LogP contribution in [0.3, 0.4) is 0 Å². The second-order valence-corrected chi connectivity index (χ2v) is 17.8. The van der Waals surface area contributed by atoms with Crippen LogP contribution in [0.25, 0.3) is 0 Å². The molecule has 14 atom stereocenters. The number of rotatable bonds is 7. The lowest BCUT2D eigenvalue weighted by Crippen LogP contribution is -2.64. The molecule has 0 aromatic heterocycles. The van der Waals surface area contributed by atoms with Crippen LogP contribution in [-0.4, -0.2) is 120 Å². The number of cyclic esters (lactones) is 1. The van der Waals surface area contributed by atoms with Gasteiger partial charge in [0.15, 0.2) is 0 Å². The molecular weight excluding hydrogens is 754 g/mol. The van der Waals surface area contributed by atoms with E-state index in [0.29, 0.717) is 50.5 Å². The number of carbonyl (C=O) groups is 4. The summed E-state index contributed by atoms with van der Waals surface area (Å²) < 4.78 is 30.0. The second kappa shape index (κ2) is 21.4. The number of ketones is 2. The first-order chi connectivity index (χ1) is 27.0. The molecule has 4 rings (SSSR count). The fourth-order valence-corrected chi connectivity index (χ4v) is 9.79. The summed E-state index contributed by atoms with van der Waals surface area (Å²) in [5.41, 5.74) is 1.80. The van der Waals surface area contributed by atoms with Crippen molar-refractivity contribution in [2.45, 2.75) is 172 Å². The molecule has 4 aliphatic rings. The third kappa shape index (κ3) is 11.3. The monoisotopic (exact) mass is 823 g/mol. The van der Waals surface area contributed by atoms with Gasteiger partial charge in [0.2, 0.25) is 5.79 Å². The van der Waals surface area contributed by atoms with Gasteiger partial charge in [-0.25, -0.2) is 4.79 Å². The molecule has 0 unspecified atom stereocenters. The number of alkyl halides is 1. The fraction of sp³-hybridized carbons (Fsp3) is 0.818. The SMILES string of the molecule is CC/C1=C\[C@@H](CC)C(=O)C[C@H](O)[C@@H](C)[C@@H](/C(C)=C/[C@@H]2CC[C@@H](Cl)[C@H](OC)C2)OC(=O)[C@@H]2CCCCN2C(=O)C(=O)[C@]2(O)O[C@H]([C@@H](OC)C[C@@H](C)C1)[C@@H](OC)C[C@H]2C. The zero-order chi connectivity index (χ0) is 42.2. The molecule has 0 aromatic rings. The summed E-state index contributed by atoms with van der Waals surface area (Å²) >= 11 is 6.53. The number of halogens is 1. The second-order valence-electron chi connectivity index (χ2n) is 17.3. The number of hydrogen-bond donors (Lipinski definition) is 2. The Balaban J connectivity index is 1.78. The summed E-state index contributed by atoms with van der Waals surface area (Å²) in [6.07, 6.45) is 5.98. The number of fused-ring (bicyclic) bond motifs is 3. The van der Waals surface area contributed by atoms with Crippen molar-refractivity contribution in [2.24, 2.45) is 29.6 Å². The Bertz CT molecular complexity index is 1450. The van der Waals surface area contributed by atoms with Gasteiger partial charge in [-0.2, -0.15) is 0 Å². The van der Waals surface area contributed by atoms with E-state index in [2.05, 4.69) is 6.92 Å². The van der Waals surface area contributed by atoms with Crippen LogP contribution in [-0.2, 0) is 42.9 Å². The number of aliphatic hydroxyl groups is 2. The van der Waals surface area contributed by atoms with Gasteiger partial charge in [0.1, 0.15) is 24.0 Å². The van der Waals surface area contributed by atoms with E-state index < -0.39 is 77.8 Å². The third-order valence-corrected chi connectivity index (χ3v) is 13.7. The Kier molecular flexibility index (Phi) is 17.8. The van der Waals surface area contributed by atoms with Crippen LogP contribution in [0, 0.1) is 29.6 Å². The number of carbonyl (C=O) groups excluding carboxylic acids is 4. The lowest BCUT2D eigenvalue weighted by atomic mass is 9.81. The highest BCUT2D eigenvalue weighted by atomic mass is 35.5. The van der Waals surface area contributed by atoms with Crippen molar-refractivity contribution in [3.8, 4) is 0 Å². The van der Waals surface area contributed by atoms with Gasteiger partial charge in [0.05, 0.1) is 29.8 Å². The molecule has 3 fully saturated rings. The first-order valence-electron chi connectivity index (χ1n) is 21.3. The van der Waals surface area contributed by atoms with E-state index in [4.69, 9.17) is 35.3 Å². The van der Waals surface area contributed by atoms with Crippen molar-refractivity contribution >= 4 is 35.0 Å². The van der Waals surface area contributed by atoms with Gasteiger partial charge in [0.25, 0.3) is 11.7 Å². The molecule has 2 bridgehead atoms. The predicted molar refractivity (Wildman–Crippen MR) is 216 cm³/mol. The summed E-state index contributed by atoms with van der Waals surface area (Å²) in [6.45, 7) is 11.5. The first kappa shape index (κ1) is 47.5. The van der Waals surface area contributed by atoms with Crippen LogP contribution in [0.2, 0.25) is 0 Å². The molecule has 0 spiro atoms. The quantitative estimate of drug-likeness (QED) is 0.132. The number of ether oxygens (including phenoxy) is 5. The average Bonchev–Trinajstić information content (AvgIpc) is 3.20. The van der Waals surface area contributed by atoms with E-state index in [0.717, 1.165) is 18.4 Å². The van der Waals surface area contributed by atoms with E-state index >= 15 is 0 Å². The Morgan fingerprint density at radius 1 is 0.947 bits per heavy atom. The number of nitrogens with zero attached hydrogens (tertiary/aromatic N) is 1. The molecule has 0 radical (unpaired) electrons. The molecule has 3 aliphatic heterocycles. The molecule has 1 aliphatic carbocycles. The van der Waals surface area contributed by atoms with Gasteiger partial charge >= 0.3 is 5.97 Å². The van der Waals surface area contributed by atoms with Gasteiger partial charge in [-0.3, -0.25) is 14.4 Å². The number of amides is 1. The van der Waals surface area contributed by atoms with E-state index in [-0.39, 0.29) is 54.9 Å². The molecule has 2 saturated heterocycles. The number of Topliss-reactive ketones (excluding diaryl/α,β-unsaturated/α-hetero) is 2. The lowest BCUT2D eigenvalue weighted by molar-refractivity contribution is -0.302. The molecule has 12 nitrogen and oxygen atoms in total. The average molecular weight is 824 g/mol. The Morgan fingerprint density at radius 3 is 2.25 bits per heavy atom. The molecule has 324 valence electrons. The maximum absolute atomic E-state index is 14.3. The van der Waals surface area contributed by atoms with Crippen LogP contribution in [0.1, 0.15) is 119 Å². The number of methoxy groups -OCH3 is 3. The highest BCUT2D eigenvalue weighted by Crippen LogP contribution is 2.39. The molecule has 3 heterocycles.